The molecule has 0 amide bonds. The van der Waals surface area contributed by atoms with Gasteiger partial charge in [0.25, 0.3) is 0 Å². The zero-order valence-corrected chi connectivity index (χ0v) is 10.1. The van der Waals surface area contributed by atoms with E-state index in [0.29, 0.717) is 18.8 Å². The van der Waals surface area contributed by atoms with Gasteiger partial charge in [0.1, 0.15) is 5.82 Å². The van der Waals surface area contributed by atoms with Crippen molar-refractivity contribution in [3.05, 3.63) is 40.1 Å². The number of ether oxygens (including phenoxy) is 1. The third-order valence-electron chi connectivity index (χ3n) is 2.56. The van der Waals surface area contributed by atoms with Gasteiger partial charge < -0.3 is 4.74 Å². The van der Waals surface area contributed by atoms with Gasteiger partial charge in [-0.05, 0) is 23.8 Å². The molecule has 0 saturated carbocycles. The average molecular weight is 271 g/mol. The Kier molecular flexibility index (Phi) is 3.22. The molecule has 1 nitrogen and oxygen atoms in total. The van der Waals surface area contributed by atoms with Gasteiger partial charge in [-0.2, -0.15) is 0 Å². The fourth-order valence-electron chi connectivity index (χ4n) is 1.78. The van der Waals surface area contributed by atoms with E-state index in [-0.39, 0.29) is 11.7 Å². The van der Waals surface area contributed by atoms with Crippen LogP contribution in [-0.4, -0.2) is 13.2 Å². The molecule has 1 atom stereocenters. The van der Waals surface area contributed by atoms with Crippen molar-refractivity contribution in [2.75, 3.05) is 13.2 Å². The van der Waals surface area contributed by atoms with Crippen LogP contribution in [0.25, 0.3) is 5.57 Å². The van der Waals surface area contributed by atoms with Gasteiger partial charge in [0.05, 0.1) is 13.2 Å². The lowest BCUT2D eigenvalue weighted by Crippen LogP contribution is -2.14. The van der Waals surface area contributed by atoms with Gasteiger partial charge in [0.15, 0.2) is 0 Å². The molecule has 1 aliphatic rings. The molecular weight excluding hydrogens is 259 g/mol. The van der Waals surface area contributed by atoms with Crippen molar-refractivity contribution in [2.24, 2.45) is 5.92 Å². The van der Waals surface area contributed by atoms with Crippen molar-refractivity contribution in [1.29, 1.82) is 0 Å². The second-order valence-electron chi connectivity index (χ2n) is 3.72. The Morgan fingerprint density at radius 3 is 3.00 bits per heavy atom. The first kappa shape index (κ1) is 10.8. The van der Waals surface area contributed by atoms with E-state index in [1.165, 1.54) is 6.07 Å². The van der Waals surface area contributed by atoms with Crippen LogP contribution in [0.3, 0.4) is 0 Å². The van der Waals surface area contributed by atoms with Gasteiger partial charge in [0.2, 0.25) is 0 Å². The highest BCUT2D eigenvalue weighted by Gasteiger charge is 2.18. The van der Waals surface area contributed by atoms with Crippen LogP contribution < -0.4 is 0 Å². The predicted molar refractivity (Wildman–Crippen MR) is 62.1 cm³/mol. The van der Waals surface area contributed by atoms with Crippen molar-refractivity contribution in [3.63, 3.8) is 0 Å². The first-order valence-electron chi connectivity index (χ1n) is 4.91. The largest absolute Gasteiger partial charge is 0.377 e. The average Bonchev–Trinajstić information content (AvgIpc) is 2.23. The summed E-state index contributed by atoms with van der Waals surface area (Å²) in [7, 11) is 0. The molecule has 1 heterocycles. The van der Waals surface area contributed by atoms with E-state index in [1.807, 2.05) is 19.1 Å². The molecule has 1 unspecified atom stereocenters. The highest BCUT2D eigenvalue weighted by atomic mass is 79.9. The van der Waals surface area contributed by atoms with Crippen LogP contribution >= 0.6 is 15.9 Å². The van der Waals surface area contributed by atoms with E-state index in [4.69, 9.17) is 4.74 Å². The molecule has 0 bridgehead atoms. The quantitative estimate of drug-likeness (QED) is 0.757. The molecule has 0 fully saturated rings. The zero-order valence-electron chi connectivity index (χ0n) is 8.47. The standard InChI is InChI=1S/C12H12BrFO/c1-8-7-15-5-4-10(8)11-6-9(13)2-3-12(11)14/h2-4,6,8H,5,7H2,1H3. The molecule has 1 aliphatic heterocycles. The predicted octanol–water partition coefficient (Wildman–Crippen LogP) is 3.64. The molecule has 80 valence electrons. The first-order chi connectivity index (χ1) is 7.18. The van der Waals surface area contributed by atoms with E-state index < -0.39 is 0 Å². The minimum absolute atomic E-state index is 0.168. The SMILES string of the molecule is CC1COCC=C1c1cc(Br)ccc1F. The van der Waals surface area contributed by atoms with Crippen LogP contribution in [0.2, 0.25) is 0 Å². The summed E-state index contributed by atoms with van der Waals surface area (Å²) in [6.45, 7) is 3.29. The van der Waals surface area contributed by atoms with E-state index in [9.17, 15) is 4.39 Å². The number of hydrogen-bond acceptors (Lipinski definition) is 1. The van der Waals surface area contributed by atoms with Crippen molar-refractivity contribution in [2.45, 2.75) is 6.92 Å². The minimum Gasteiger partial charge on any atom is -0.377 e. The third kappa shape index (κ3) is 2.29. The van der Waals surface area contributed by atoms with Crippen molar-refractivity contribution in [3.8, 4) is 0 Å². The summed E-state index contributed by atoms with van der Waals surface area (Å²) in [6, 6.07) is 5.02. The van der Waals surface area contributed by atoms with Crippen LogP contribution in [0, 0.1) is 11.7 Å². The van der Waals surface area contributed by atoms with Gasteiger partial charge in [-0.1, -0.05) is 28.9 Å². The topological polar surface area (TPSA) is 9.23 Å². The summed E-state index contributed by atoms with van der Waals surface area (Å²) >= 11 is 3.36. The van der Waals surface area contributed by atoms with Crippen LogP contribution in [0.5, 0.6) is 0 Å². The van der Waals surface area contributed by atoms with E-state index in [2.05, 4.69) is 15.9 Å². The summed E-state index contributed by atoms with van der Waals surface area (Å²) in [6.07, 6.45) is 1.96. The van der Waals surface area contributed by atoms with Gasteiger partial charge >= 0.3 is 0 Å². The number of hydrogen-bond donors (Lipinski definition) is 0. The fourth-order valence-corrected chi connectivity index (χ4v) is 2.14. The molecule has 1 aromatic carbocycles. The maximum absolute atomic E-state index is 13.6. The fraction of sp³-hybridized carbons (Fsp3) is 0.333. The van der Waals surface area contributed by atoms with Crippen molar-refractivity contribution in [1.82, 2.24) is 0 Å². The zero-order chi connectivity index (χ0) is 10.8. The molecule has 0 radical (unpaired) electrons. The van der Waals surface area contributed by atoms with Gasteiger partial charge in [0, 0.05) is 16.0 Å². The van der Waals surface area contributed by atoms with E-state index in [1.54, 1.807) is 6.07 Å². The van der Waals surface area contributed by atoms with Crippen molar-refractivity contribution >= 4 is 21.5 Å². The Hall–Kier alpha value is -0.670. The molecule has 1 aromatic rings. The van der Waals surface area contributed by atoms with Crippen molar-refractivity contribution < 1.29 is 9.13 Å². The lowest BCUT2D eigenvalue weighted by atomic mass is 9.92. The number of halogens is 2. The Morgan fingerprint density at radius 1 is 1.47 bits per heavy atom. The van der Waals surface area contributed by atoms with Gasteiger partial charge in [-0.3, -0.25) is 0 Å². The van der Waals surface area contributed by atoms with Gasteiger partial charge in [-0.15, -0.1) is 0 Å². The lowest BCUT2D eigenvalue weighted by molar-refractivity contribution is 0.135. The summed E-state index contributed by atoms with van der Waals surface area (Å²) in [5.74, 6) is 0.0840. The molecule has 0 N–H and O–H groups in total. The lowest BCUT2D eigenvalue weighted by Gasteiger charge is -2.21. The number of rotatable bonds is 1. The molecule has 0 saturated heterocycles. The summed E-state index contributed by atoms with van der Waals surface area (Å²) < 4.78 is 19.8. The highest BCUT2D eigenvalue weighted by molar-refractivity contribution is 9.10. The molecule has 0 aromatic heterocycles. The third-order valence-corrected chi connectivity index (χ3v) is 3.05. The van der Waals surface area contributed by atoms with E-state index in [0.717, 1.165) is 10.0 Å². The second-order valence-corrected chi connectivity index (χ2v) is 4.64. The van der Waals surface area contributed by atoms with Crippen LogP contribution in [0.15, 0.2) is 28.7 Å². The van der Waals surface area contributed by atoms with Gasteiger partial charge in [-0.25, -0.2) is 4.39 Å². The molecule has 0 spiro atoms. The minimum atomic E-state index is -0.168. The normalized spacial score (nSPS) is 21.3. The highest BCUT2D eigenvalue weighted by Crippen LogP contribution is 2.30. The molecule has 0 aliphatic carbocycles. The number of benzene rings is 1. The maximum atomic E-state index is 13.6. The summed E-state index contributed by atoms with van der Waals surface area (Å²) in [5.41, 5.74) is 1.72. The van der Waals surface area contributed by atoms with Crippen LogP contribution in [0.1, 0.15) is 12.5 Å². The summed E-state index contributed by atoms with van der Waals surface area (Å²) in [5, 5.41) is 0. The monoisotopic (exact) mass is 270 g/mol. The molecule has 2 rings (SSSR count). The molecule has 15 heavy (non-hydrogen) atoms. The smallest absolute Gasteiger partial charge is 0.130 e. The first-order valence-corrected chi connectivity index (χ1v) is 5.71. The molecule has 3 heteroatoms. The van der Waals surface area contributed by atoms with Crippen LogP contribution in [0.4, 0.5) is 4.39 Å². The maximum Gasteiger partial charge on any atom is 0.130 e. The Bertz CT molecular complexity index is 401. The van der Waals surface area contributed by atoms with Crippen LogP contribution in [-0.2, 0) is 4.74 Å². The Morgan fingerprint density at radius 2 is 2.27 bits per heavy atom. The Balaban J connectivity index is 2.43. The second kappa shape index (κ2) is 4.45. The summed E-state index contributed by atoms with van der Waals surface area (Å²) in [4.78, 5) is 0. The Labute approximate surface area is 97.1 Å². The molecular formula is C12H12BrFO. The van der Waals surface area contributed by atoms with E-state index >= 15 is 0 Å².